The van der Waals surface area contributed by atoms with Crippen molar-refractivity contribution in [2.24, 2.45) is 5.41 Å². The Hall–Kier alpha value is -2.74. The highest BCUT2D eigenvalue weighted by Gasteiger charge is 2.19. The number of nitro groups is 1. The Morgan fingerprint density at radius 1 is 1.38 bits per heavy atom. The third kappa shape index (κ3) is 4.39. The van der Waals surface area contributed by atoms with Gasteiger partial charge in [0.05, 0.1) is 22.4 Å². The molecule has 1 aromatic heterocycles. The first-order valence-electron chi connectivity index (χ1n) is 7.51. The Balaban J connectivity index is 2.04. The summed E-state index contributed by atoms with van der Waals surface area (Å²) in [5.41, 5.74) is 0.821. The Kier molecular flexibility index (Phi) is 5.30. The molecule has 2 N–H and O–H groups in total. The summed E-state index contributed by atoms with van der Waals surface area (Å²) in [6.07, 6.45) is 3.60. The fourth-order valence-electron chi connectivity index (χ4n) is 2.12. The zero-order chi connectivity index (χ0) is 17.7. The van der Waals surface area contributed by atoms with Crippen LogP contribution in [0.4, 0.5) is 5.69 Å². The highest BCUT2D eigenvalue weighted by atomic mass is 16.6. The van der Waals surface area contributed by atoms with E-state index in [9.17, 15) is 14.9 Å². The summed E-state index contributed by atoms with van der Waals surface area (Å²) < 4.78 is 1.48. The molecule has 128 valence electrons. The van der Waals surface area contributed by atoms with Crippen LogP contribution in [-0.4, -0.2) is 38.9 Å². The van der Waals surface area contributed by atoms with Gasteiger partial charge in [0.2, 0.25) is 0 Å². The lowest BCUT2D eigenvalue weighted by Crippen LogP contribution is -2.34. The second-order valence-electron chi connectivity index (χ2n) is 6.27. The minimum Gasteiger partial charge on any atom is -0.396 e. The van der Waals surface area contributed by atoms with Crippen LogP contribution in [0.1, 0.15) is 30.6 Å². The first-order valence-corrected chi connectivity index (χ1v) is 7.51. The number of benzene rings is 1. The fourth-order valence-corrected chi connectivity index (χ4v) is 2.12. The number of aliphatic hydroxyl groups excluding tert-OH is 1. The van der Waals surface area contributed by atoms with Crippen molar-refractivity contribution in [1.82, 2.24) is 15.1 Å². The predicted octanol–water partition coefficient (Wildman–Crippen LogP) is 1.92. The molecule has 24 heavy (non-hydrogen) atoms. The van der Waals surface area contributed by atoms with Crippen LogP contribution in [0, 0.1) is 15.5 Å². The van der Waals surface area contributed by atoms with Gasteiger partial charge in [0.1, 0.15) is 0 Å². The molecule has 0 saturated carbocycles. The van der Waals surface area contributed by atoms with Crippen molar-refractivity contribution in [2.75, 3.05) is 13.2 Å². The number of carbonyl (C=O) groups is 1. The summed E-state index contributed by atoms with van der Waals surface area (Å²) in [6, 6.07) is 5.90. The van der Waals surface area contributed by atoms with Gasteiger partial charge in [0, 0.05) is 31.5 Å². The van der Waals surface area contributed by atoms with Crippen molar-refractivity contribution < 1.29 is 14.8 Å². The Morgan fingerprint density at radius 3 is 2.62 bits per heavy atom. The maximum absolute atomic E-state index is 12.2. The fraction of sp³-hybridized carbons (Fsp3) is 0.375. The molecular weight excluding hydrogens is 312 g/mol. The summed E-state index contributed by atoms with van der Waals surface area (Å²) in [4.78, 5) is 22.4. The van der Waals surface area contributed by atoms with E-state index >= 15 is 0 Å². The van der Waals surface area contributed by atoms with E-state index < -0.39 is 4.92 Å². The summed E-state index contributed by atoms with van der Waals surface area (Å²) in [6.45, 7) is 4.43. The monoisotopic (exact) mass is 332 g/mol. The Morgan fingerprint density at radius 2 is 2.04 bits per heavy atom. The van der Waals surface area contributed by atoms with Crippen LogP contribution in [-0.2, 0) is 0 Å². The third-order valence-electron chi connectivity index (χ3n) is 3.69. The maximum atomic E-state index is 12.2. The summed E-state index contributed by atoms with van der Waals surface area (Å²) in [5.74, 6) is -0.255. The van der Waals surface area contributed by atoms with Gasteiger partial charge in [-0.25, -0.2) is 4.68 Å². The van der Waals surface area contributed by atoms with E-state index in [0.717, 1.165) is 0 Å². The summed E-state index contributed by atoms with van der Waals surface area (Å²) >= 11 is 0. The van der Waals surface area contributed by atoms with Gasteiger partial charge in [0.25, 0.3) is 11.6 Å². The van der Waals surface area contributed by atoms with E-state index in [2.05, 4.69) is 10.4 Å². The molecule has 0 aliphatic carbocycles. The number of non-ortho nitro benzene ring substituents is 1. The molecule has 0 fully saturated rings. The number of amides is 1. The molecule has 1 amide bonds. The van der Waals surface area contributed by atoms with Crippen LogP contribution in [0.5, 0.6) is 0 Å². The first kappa shape index (κ1) is 17.6. The van der Waals surface area contributed by atoms with Crippen molar-refractivity contribution in [2.45, 2.75) is 20.3 Å². The van der Waals surface area contributed by atoms with Crippen molar-refractivity contribution >= 4 is 11.6 Å². The van der Waals surface area contributed by atoms with Crippen LogP contribution in [0.3, 0.4) is 0 Å². The topological polar surface area (TPSA) is 110 Å². The quantitative estimate of drug-likeness (QED) is 0.594. The van der Waals surface area contributed by atoms with E-state index in [1.54, 1.807) is 18.3 Å². The van der Waals surface area contributed by atoms with Crippen molar-refractivity contribution in [1.29, 1.82) is 0 Å². The van der Waals surface area contributed by atoms with E-state index in [-0.39, 0.29) is 23.6 Å². The van der Waals surface area contributed by atoms with Gasteiger partial charge in [-0.2, -0.15) is 5.10 Å². The average molecular weight is 332 g/mol. The molecule has 0 aliphatic heterocycles. The first-order chi connectivity index (χ1) is 11.3. The van der Waals surface area contributed by atoms with E-state index in [1.807, 2.05) is 13.8 Å². The standard InChI is InChI=1S/C16H20N4O4/c1-16(2,7-8-21)11-17-15(22)12-9-18-19(10-12)13-3-5-14(6-4-13)20(23)24/h3-6,9-10,21H,7-8,11H2,1-2H3,(H,17,22). The zero-order valence-electron chi connectivity index (χ0n) is 13.6. The van der Waals surface area contributed by atoms with Gasteiger partial charge in [-0.15, -0.1) is 0 Å². The molecule has 0 spiro atoms. The molecule has 0 radical (unpaired) electrons. The maximum Gasteiger partial charge on any atom is 0.269 e. The second-order valence-corrected chi connectivity index (χ2v) is 6.27. The average Bonchev–Trinajstić information content (AvgIpc) is 3.03. The van der Waals surface area contributed by atoms with Gasteiger partial charge in [-0.3, -0.25) is 14.9 Å². The number of nitro benzene ring substituents is 1. The van der Waals surface area contributed by atoms with E-state index in [0.29, 0.717) is 24.2 Å². The molecule has 1 heterocycles. The number of hydrogen-bond donors (Lipinski definition) is 2. The van der Waals surface area contributed by atoms with Crippen molar-refractivity contribution in [3.63, 3.8) is 0 Å². The smallest absolute Gasteiger partial charge is 0.269 e. The van der Waals surface area contributed by atoms with Crippen LogP contribution < -0.4 is 5.32 Å². The molecule has 8 nitrogen and oxygen atoms in total. The highest BCUT2D eigenvalue weighted by molar-refractivity contribution is 5.93. The number of hydrogen-bond acceptors (Lipinski definition) is 5. The molecule has 2 aromatic rings. The molecule has 0 atom stereocenters. The summed E-state index contributed by atoms with van der Waals surface area (Å²) in [7, 11) is 0. The molecular formula is C16H20N4O4. The highest BCUT2D eigenvalue weighted by Crippen LogP contribution is 2.18. The second kappa shape index (κ2) is 7.22. The predicted molar refractivity (Wildman–Crippen MR) is 88.0 cm³/mol. The largest absolute Gasteiger partial charge is 0.396 e. The van der Waals surface area contributed by atoms with Gasteiger partial charge in [-0.1, -0.05) is 13.8 Å². The minimum atomic E-state index is -0.472. The molecule has 0 unspecified atom stereocenters. The lowest BCUT2D eigenvalue weighted by molar-refractivity contribution is -0.384. The molecule has 0 aliphatic rings. The Bertz CT molecular complexity index is 722. The minimum absolute atomic E-state index is 0.00464. The third-order valence-corrected chi connectivity index (χ3v) is 3.69. The van der Waals surface area contributed by atoms with Crippen molar-refractivity contribution in [3.8, 4) is 5.69 Å². The van der Waals surface area contributed by atoms with Crippen LogP contribution in [0.25, 0.3) is 5.69 Å². The van der Waals surface area contributed by atoms with Gasteiger partial charge in [-0.05, 0) is 24.0 Å². The molecule has 0 saturated heterocycles. The van der Waals surface area contributed by atoms with E-state index in [1.165, 1.54) is 23.0 Å². The number of aromatic nitrogens is 2. The van der Waals surface area contributed by atoms with Gasteiger partial charge in [0.15, 0.2) is 0 Å². The lowest BCUT2D eigenvalue weighted by atomic mass is 9.90. The summed E-state index contributed by atoms with van der Waals surface area (Å²) in [5, 5.41) is 26.6. The van der Waals surface area contributed by atoms with Gasteiger partial charge < -0.3 is 10.4 Å². The number of rotatable bonds is 7. The molecule has 1 aromatic carbocycles. The normalized spacial score (nSPS) is 11.3. The van der Waals surface area contributed by atoms with Crippen LogP contribution in [0.2, 0.25) is 0 Å². The lowest BCUT2D eigenvalue weighted by Gasteiger charge is -2.23. The SMILES string of the molecule is CC(C)(CCO)CNC(=O)c1cnn(-c2ccc([N+](=O)[O-])cc2)c1. The molecule has 0 bridgehead atoms. The molecule has 8 heteroatoms. The number of aliphatic hydroxyl groups is 1. The Labute approximate surface area is 139 Å². The van der Waals surface area contributed by atoms with Crippen LogP contribution in [0.15, 0.2) is 36.7 Å². The molecule has 2 rings (SSSR count). The van der Waals surface area contributed by atoms with E-state index in [4.69, 9.17) is 5.11 Å². The number of nitrogens with one attached hydrogen (secondary N) is 1. The zero-order valence-corrected chi connectivity index (χ0v) is 13.6. The van der Waals surface area contributed by atoms with Gasteiger partial charge >= 0.3 is 0 Å². The number of carbonyl (C=O) groups excluding carboxylic acids is 1. The number of nitrogens with zero attached hydrogens (tertiary/aromatic N) is 3. The van der Waals surface area contributed by atoms with Crippen LogP contribution >= 0.6 is 0 Å². The van der Waals surface area contributed by atoms with Crippen molar-refractivity contribution in [3.05, 3.63) is 52.3 Å².